The van der Waals surface area contributed by atoms with Gasteiger partial charge in [0.05, 0.1) is 22.7 Å². The number of nitrogens with zero attached hydrogens (tertiary/aromatic N) is 3. The van der Waals surface area contributed by atoms with Gasteiger partial charge in [-0.3, -0.25) is 19.7 Å². The van der Waals surface area contributed by atoms with Crippen LogP contribution in [0.25, 0.3) is 5.69 Å². The van der Waals surface area contributed by atoms with Gasteiger partial charge in [-0.15, -0.1) is 0 Å². The Morgan fingerprint density at radius 2 is 1.93 bits per heavy atom. The van der Waals surface area contributed by atoms with Crippen LogP contribution in [0.5, 0.6) is 0 Å². The lowest BCUT2D eigenvalue weighted by Crippen LogP contribution is -2.23. The first kappa shape index (κ1) is 19.5. The van der Waals surface area contributed by atoms with Crippen molar-refractivity contribution >= 4 is 23.1 Å². The van der Waals surface area contributed by atoms with Gasteiger partial charge >= 0.3 is 0 Å². The van der Waals surface area contributed by atoms with E-state index in [2.05, 4.69) is 0 Å². The van der Waals surface area contributed by atoms with Crippen molar-refractivity contribution in [3.05, 3.63) is 90.9 Å². The minimum Gasteiger partial charge on any atom is -0.318 e. The normalized spacial score (nSPS) is 10.9. The third kappa shape index (κ3) is 3.59. The fourth-order valence-electron chi connectivity index (χ4n) is 3.06. The Hall–Kier alpha value is -3.26. The predicted molar refractivity (Wildman–Crippen MR) is 102 cm³/mol. The molecule has 0 amide bonds. The molecule has 0 spiro atoms. The van der Waals surface area contributed by atoms with Gasteiger partial charge in [0.2, 0.25) is 0 Å². The maximum absolute atomic E-state index is 13.4. The van der Waals surface area contributed by atoms with E-state index in [0.717, 1.165) is 28.6 Å². The molecule has 0 aliphatic carbocycles. The Bertz CT molecular complexity index is 1170. The minimum absolute atomic E-state index is 0.0407. The molecule has 28 heavy (non-hydrogen) atoms. The zero-order valence-electron chi connectivity index (χ0n) is 15.0. The summed E-state index contributed by atoms with van der Waals surface area (Å²) in [5.74, 6) is -0.926. The van der Waals surface area contributed by atoms with Crippen LogP contribution >= 0.6 is 11.6 Å². The van der Waals surface area contributed by atoms with Crippen molar-refractivity contribution in [1.82, 2.24) is 9.13 Å². The van der Waals surface area contributed by atoms with E-state index in [1.54, 1.807) is 30.5 Å². The highest BCUT2D eigenvalue weighted by Gasteiger charge is 2.19. The Balaban J connectivity index is 1.98. The van der Waals surface area contributed by atoms with E-state index in [4.69, 9.17) is 11.6 Å². The van der Waals surface area contributed by atoms with E-state index in [1.165, 1.54) is 12.1 Å². The molecule has 144 valence electrons. The number of rotatable bonds is 5. The van der Waals surface area contributed by atoms with Gasteiger partial charge in [-0.1, -0.05) is 11.6 Å². The van der Waals surface area contributed by atoms with Crippen molar-refractivity contribution in [2.75, 3.05) is 0 Å². The quantitative estimate of drug-likeness (QED) is 0.368. The van der Waals surface area contributed by atoms with Crippen LogP contribution in [0.15, 0.2) is 47.4 Å². The number of pyridine rings is 1. The smallest absolute Gasteiger partial charge is 0.285 e. The van der Waals surface area contributed by atoms with Crippen LogP contribution in [0.1, 0.15) is 21.7 Å². The largest absolute Gasteiger partial charge is 0.318 e. The zero-order valence-corrected chi connectivity index (χ0v) is 15.7. The van der Waals surface area contributed by atoms with E-state index in [-0.39, 0.29) is 23.0 Å². The third-order valence-electron chi connectivity index (χ3n) is 4.39. The number of carbonyl (C=O) groups excluding carboxylic acids is 1. The van der Waals surface area contributed by atoms with Crippen molar-refractivity contribution in [1.29, 1.82) is 0 Å². The lowest BCUT2D eigenvalue weighted by atomic mass is 10.1. The molecule has 0 radical (unpaired) electrons. The second kappa shape index (κ2) is 7.40. The molecule has 0 atom stereocenters. The summed E-state index contributed by atoms with van der Waals surface area (Å²) in [6, 6.07) is 8.03. The summed E-state index contributed by atoms with van der Waals surface area (Å²) in [4.78, 5) is 35.0. The average molecular weight is 404 g/mol. The van der Waals surface area contributed by atoms with Crippen LogP contribution in [0.2, 0.25) is 5.02 Å². The summed E-state index contributed by atoms with van der Waals surface area (Å²) in [5.41, 5.74) is 1.46. The van der Waals surface area contributed by atoms with E-state index >= 15 is 0 Å². The first-order chi connectivity index (χ1) is 13.2. The van der Waals surface area contributed by atoms with Crippen molar-refractivity contribution < 1.29 is 14.1 Å². The Morgan fingerprint density at radius 1 is 1.21 bits per heavy atom. The SMILES string of the molecule is Cc1cc(C(=O)Cn2cc([N+](=O)[O-])ccc2=O)c(C)n1-c1ccc(F)c(Cl)c1. The van der Waals surface area contributed by atoms with Gasteiger partial charge in [-0.25, -0.2) is 4.39 Å². The van der Waals surface area contributed by atoms with Crippen LogP contribution in [-0.2, 0) is 6.54 Å². The lowest BCUT2D eigenvalue weighted by Gasteiger charge is -2.11. The van der Waals surface area contributed by atoms with Crippen molar-refractivity contribution in [2.45, 2.75) is 20.4 Å². The van der Waals surface area contributed by atoms with E-state index < -0.39 is 16.3 Å². The van der Waals surface area contributed by atoms with Gasteiger partial charge in [-0.2, -0.15) is 0 Å². The van der Waals surface area contributed by atoms with Crippen LogP contribution < -0.4 is 5.56 Å². The first-order valence-electron chi connectivity index (χ1n) is 8.21. The molecule has 0 bridgehead atoms. The molecule has 3 rings (SSSR count). The maximum Gasteiger partial charge on any atom is 0.285 e. The highest BCUT2D eigenvalue weighted by molar-refractivity contribution is 6.30. The minimum atomic E-state index is -0.634. The molecule has 2 aromatic heterocycles. The molecule has 1 aromatic carbocycles. The average Bonchev–Trinajstić information content (AvgIpc) is 2.93. The standard InChI is InChI=1S/C19H15ClFN3O4/c1-11-7-15(12(2)23(11)13-3-5-17(21)16(20)8-13)18(25)10-22-9-14(24(27)28)4-6-19(22)26/h3-9H,10H2,1-2H3. The van der Waals surface area contributed by atoms with Gasteiger partial charge in [0.15, 0.2) is 5.78 Å². The number of aromatic nitrogens is 2. The number of nitro groups is 1. The number of hydrogen-bond donors (Lipinski definition) is 0. The Labute approximate surface area is 163 Å². The number of hydrogen-bond acceptors (Lipinski definition) is 4. The summed E-state index contributed by atoms with van der Waals surface area (Å²) in [6.45, 7) is 3.16. The number of aryl methyl sites for hydroxylation is 1. The molecule has 0 aliphatic rings. The van der Waals surface area contributed by atoms with Crippen molar-refractivity contribution in [3.63, 3.8) is 0 Å². The molecule has 0 unspecified atom stereocenters. The third-order valence-corrected chi connectivity index (χ3v) is 4.68. The second-order valence-electron chi connectivity index (χ2n) is 6.25. The number of Topliss-reactive ketones (excluding diaryl/α,β-unsaturated/α-hetero) is 1. The molecular weight excluding hydrogens is 389 g/mol. The summed E-state index contributed by atoms with van der Waals surface area (Å²) < 4.78 is 16.2. The molecule has 0 saturated heterocycles. The molecule has 0 saturated carbocycles. The van der Waals surface area contributed by atoms with Crippen LogP contribution in [0, 0.1) is 29.8 Å². The number of carbonyl (C=O) groups is 1. The summed E-state index contributed by atoms with van der Waals surface area (Å²) >= 11 is 5.85. The van der Waals surface area contributed by atoms with Crippen molar-refractivity contribution in [3.8, 4) is 5.69 Å². The number of halogens is 2. The van der Waals surface area contributed by atoms with Crippen LogP contribution in [0.4, 0.5) is 10.1 Å². The fraction of sp³-hybridized carbons (Fsp3) is 0.158. The predicted octanol–water partition coefficient (Wildman–Crippen LogP) is 3.84. The molecule has 2 heterocycles. The zero-order chi connectivity index (χ0) is 20.6. The molecule has 0 fully saturated rings. The summed E-state index contributed by atoms with van der Waals surface area (Å²) in [6.07, 6.45) is 1.04. The number of benzene rings is 1. The van der Waals surface area contributed by atoms with E-state index in [0.29, 0.717) is 16.9 Å². The molecule has 9 heteroatoms. The lowest BCUT2D eigenvalue weighted by molar-refractivity contribution is -0.385. The first-order valence-corrected chi connectivity index (χ1v) is 8.59. The van der Waals surface area contributed by atoms with Crippen LogP contribution in [0.3, 0.4) is 0 Å². The molecule has 7 nitrogen and oxygen atoms in total. The summed E-state index contributed by atoms with van der Waals surface area (Å²) in [7, 11) is 0. The highest BCUT2D eigenvalue weighted by Crippen LogP contribution is 2.25. The molecule has 3 aromatic rings. The topological polar surface area (TPSA) is 87.1 Å². The maximum atomic E-state index is 13.4. The highest BCUT2D eigenvalue weighted by atomic mass is 35.5. The second-order valence-corrected chi connectivity index (χ2v) is 6.66. The van der Waals surface area contributed by atoms with Gasteiger partial charge in [0, 0.05) is 34.8 Å². The van der Waals surface area contributed by atoms with E-state index in [1.807, 2.05) is 0 Å². The molecule has 0 aliphatic heterocycles. The monoisotopic (exact) mass is 403 g/mol. The molecule has 0 N–H and O–H groups in total. The summed E-state index contributed by atoms with van der Waals surface area (Å²) in [5, 5.41) is 10.9. The van der Waals surface area contributed by atoms with Crippen LogP contribution in [-0.4, -0.2) is 19.8 Å². The Kier molecular flexibility index (Phi) is 5.15. The Morgan fingerprint density at radius 3 is 2.57 bits per heavy atom. The van der Waals surface area contributed by atoms with Gasteiger partial charge in [0.1, 0.15) is 5.82 Å². The van der Waals surface area contributed by atoms with Gasteiger partial charge in [-0.05, 0) is 38.1 Å². The molecular formula is C19H15ClFN3O4. The van der Waals surface area contributed by atoms with Crippen molar-refractivity contribution in [2.24, 2.45) is 0 Å². The fourth-order valence-corrected chi connectivity index (χ4v) is 3.23. The van der Waals surface area contributed by atoms with E-state index in [9.17, 15) is 24.1 Å². The van der Waals surface area contributed by atoms with Gasteiger partial charge < -0.3 is 9.13 Å². The number of ketones is 1. The van der Waals surface area contributed by atoms with Gasteiger partial charge in [0.25, 0.3) is 11.2 Å².